The van der Waals surface area contributed by atoms with Crippen LogP contribution in [0.4, 0.5) is 16.1 Å². The molecule has 0 atom stereocenters. The molecule has 4 aromatic rings. The van der Waals surface area contributed by atoms with Gasteiger partial charge < -0.3 is 18.9 Å². The fraction of sp³-hybridized carbons (Fsp3) is 0.174. The number of amides is 1. The van der Waals surface area contributed by atoms with Gasteiger partial charge >= 0.3 is 0 Å². The zero-order valence-electron chi connectivity index (χ0n) is 17.1. The number of pyridine rings is 1. The van der Waals surface area contributed by atoms with Crippen LogP contribution in [0.5, 0.6) is 0 Å². The molecule has 1 aliphatic rings. The first-order valence-corrected chi connectivity index (χ1v) is 11.0. The molecule has 0 bridgehead atoms. The highest BCUT2D eigenvalue weighted by atomic mass is 32.2. The molecule has 2 aromatic carbocycles. The Balaban J connectivity index is 1.17. The van der Waals surface area contributed by atoms with Crippen molar-refractivity contribution in [1.29, 1.82) is 0 Å². The number of anilines is 2. The summed E-state index contributed by atoms with van der Waals surface area (Å²) < 4.78 is 22.3. The Morgan fingerprint density at radius 2 is 1.84 bits per heavy atom. The van der Waals surface area contributed by atoms with Crippen LogP contribution in [0.15, 0.2) is 76.3 Å². The molecule has 162 valence electrons. The molecule has 3 heterocycles. The molecule has 1 saturated heterocycles. The van der Waals surface area contributed by atoms with E-state index in [0.717, 1.165) is 10.7 Å². The summed E-state index contributed by atoms with van der Waals surface area (Å²) in [5, 5.41) is 0.870. The van der Waals surface area contributed by atoms with Crippen LogP contribution >= 0.6 is 11.9 Å². The first kappa shape index (κ1) is 20.3. The Morgan fingerprint density at radius 3 is 2.59 bits per heavy atom. The number of piperazine rings is 1. The van der Waals surface area contributed by atoms with Crippen molar-refractivity contribution >= 4 is 40.7 Å². The molecular formula is C23H20FN5O2S. The van der Waals surface area contributed by atoms with Gasteiger partial charge in [0, 0.05) is 61.6 Å². The Kier molecular flexibility index (Phi) is 5.64. The van der Waals surface area contributed by atoms with E-state index in [4.69, 9.17) is 4.42 Å². The van der Waals surface area contributed by atoms with Crippen molar-refractivity contribution in [1.82, 2.24) is 14.9 Å². The summed E-state index contributed by atoms with van der Waals surface area (Å²) in [6.45, 7) is 2.31. The number of hydrogen-bond donors (Lipinski definition) is 1. The van der Waals surface area contributed by atoms with Crippen LogP contribution in [-0.4, -0.2) is 47.0 Å². The van der Waals surface area contributed by atoms with Gasteiger partial charge in [-0.1, -0.05) is 6.07 Å². The van der Waals surface area contributed by atoms with Crippen molar-refractivity contribution in [3.05, 3.63) is 78.2 Å². The van der Waals surface area contributed by atoms with Crippen LogP contribution in [0.25, 0.3) is 11.1 Å². The van der Waals surface area contributed by atoms with E-state index in [-0.39, 0.29) is 11.7 Å². The monoisotopic (exact) mass is 449 g/mol. The standard InChI is InChI=1S/C23H20FN5O2S/c24-17-6-9-19-20(15-17)31-23(26-19)29-13-11-28(12-14-29)22(30)16-4-7-18(8-5-16)27-32-21-3-1-2-10-25-21/h1-10,15,27H,11-14H2. The molecule has 5 rings (SSSR count). The zero-order chi connectivity index (χ0) is 21.9. The third-order valence-corrected chi connectivity index (χ3v) is 6.01. The van der Waals surface area contributed by atoms with Crippen molar-refractivity contribution in [3.63, 3.8) is 0 Å². The summed E-state index contributed by atoms with van der Waals surface area (Å²) >= 11 is 1.42. The molecule has 1 N–H and O–H groups in total. The summed E-state index contributed by atoms with van der Waals surface area (Å²) in [4.78, 5) is 25.4. The number of carbonyl (C=O) groups excluding carboxylic acids is 1. The third kappa shape index (κ3) is 4.38. The molecule has 0 spiro atoms. The van der Waals surface area contributed by atoms with Gasteiger partial charge in [0.1, 0.15) is 16.4 Å². The number of halogens is 1. The normalized spacial score (nSPS) is 14.0. The van der Waals surface area contributed by atoms with Crippen LogP contribution in [0.2, 0.25) is 0 Å². The maximum absolute atomic E-state index is 13.4. The number of aromatic nitrogens is 2. The minimum atomic E-state index is -0.354. The average Bonchev–Trinajstić information content (AvgIpc) is 3.27. The van der Waals surface area contributed by atoms with Gasteiger partial charge in [-0.3, -0.25) is 4.79 Å². The largest absolute Gasteiger partial charge is 0.423 e. The number of fused-ring (bicyclic) bond motifs is 1. The molecular weight excluding hydrogens is 429 g/mol. The number of rotatable bonds is 5. The summed E-state index contributed by atoms with van der Waals surface area (Å²) in [6.07, 6.45) is 1.75. The van der Waals surface area contributed by atoms with Crippen LogP contribution in [0, 0.1) is 5.82 Å². The summed E-state index contributed by atoms with van der Waals surface area (Å²) in [5.74, 6) is -0.361. The molecule has 0 aliphatic carbocycles. The minimum absolute atomic E-state index is 0.00628. The van der Waals surface area contributed by atoms with E-state index in [1.807, 2.05) is 52.3 Å². The van der Waals surface area contributed by atoms with Gasteiger partial charge in [0.05, 0.1) is 0 Å². The Morgan fingerprint density at radius 1 is 1.03 bits per heavy atom. The maximum Gasteiger partial charge on any atom is 0.298 e. The topological polar surface area (TPSA) is 74.5 Å². The van der Waals surface area contributed by atoms with Crippen molar-refractivity contribution in [2.24, 2.45) is 0 Å². The fourth-order valence-corrected chi connectivity index (χ4v) is 4.12. The van der Waals surface area contributed by atoms with Crippen LogP contribution < -0.4 is 9.62 Å². The number of oxazole rings is 1. The van der Waals surface area contributed by atoms with Crippen LogP contribution in [-0.2, 0) is 0 Å². The third-order valence-electron chi connectivity index (χ3n) is 5.22. The lowest BCUT2D eigenvalue weighted by atomic mass is 10.1. The Bertz CT molecular complexity index is 1220. The second kappa shape index (κ2) is 8.88. The molecule has 9 heteroatoms. The lowest BCUT2D eigenvalue weighted by Gasteiger charge is -2.33. The Hall–Kier alpha value is -3.59. The van der Waals surface area contributed by atoms with E-state index >= 15 is 0 Å². The highest BCUT2D eigenvalue weighted by Crippen LogP contribution is 2.24. The van der Waals surface area contributed by atoms with E-state index in [0.29, 0.717) is 48.9 Å². The van der Waals surface area contributed by atoms with Gasteiger partial charge in [0.2, 0.25) is 0 Å². The molecule has 0 saturated carbocycles. The average molecular weight is 450 g/mol. The predicted molar refractivity (Wildman–Crippen MR) is 122 cm³/mol. The summed E-state index contributed by atoms with van der Waals surface area (Å²) in [7, 11) is 0. The quantitative estimate of drug-likeness (QED) is 0.452. The molecule has 1 aliphatic heterocycles. The van der Waals surface area contributed by atoms with Crippen LogP contribution in [0.1, 0.15) is 10.4 Å². The second-order valence-electron chi connectivity index (χ2n) is 7.34. The van der Waals surface area contributed by atoms with Crippen molar-refractivity contribution in [2.75, 3.05) is 35.8 Å². The zero-order valence-corrected chi connectivity index (χ0v) is 17.9. The van der Waals surface area contributed by atoms with Gasteiger partial charge in [0.15, 0.2) is 5.58 Å². The summed E-state index contributed by atoms with van der Waals surface area (Å²) in [5.41, 5.74) is 2.59. The second-order valence-corrected chi connectivity index (χ2v) is 8.16. The van der Waals surface area contributed by atoms with Gasteiger partial charge in [0.25, 0.3) is 11.9 Å². The summed E-state index contributed by atoms with van der Waals surface area (Å²) in [6, 6.07) is 17.9. The van der Waals surface area contributed by atoms with Crippen LogP contribution in [0.3, 0.4) is 0 Å². The molecule has 7 nitrogen and oxygen atoms in total. The minimum Gasteiger partial charge on any atom is -0.423 e. The maximum atomic E-state index is 13.4. The highest BCUT2D eigenvalue weighted by Gasteiger charge is 2.25. The van der Waals surface area contributed by atoms with E-state index in [1.54, 1.807) is 12.3 Å². The number of nitrogens with one attached hydrogen (secondary N) is 1. The number of carbonyl (C=O) groups is 1. The van der Waals surface area contributed by atoms with Crippen molar-refractivity contribution in [3.8, 4) is 0 Å². The molecule has 32 heavy (non-hydrogen) atoms. The van der Waals surface area contributed by atoms with E-state index in [9.17, 15) is 9.18 Å². The van der Waals surface area contributed by atoms with Crippen molar-refractivity contribution in [2.45, 2.75) is 5.03 Å². The molecule has 1 fully saturated rings. The fourth-order valence-electron chi connectivity index (χ4n) is 3.50. The lowest BCUT2D eigenvalue weighted by molar-refractivity contribution is 0.0745. The number of benzene rings is 2. The van der Waals surface area contributed by atoms with Gasteiger partial charge in [-0.15, -0.1) is 0 Å². The first-order valence-electron chi connectivity index (χ1n) is 10.2. The van der Waals surface area contributed by atoms with Gasteiger partial charge in [-0.25, -0.2) is 9.37 Å². The van der Waals surface area contributed by atoms with E-state index < -0.39 is 0 Å². The number of nitrogens with zero attached hydrogens (tertiary/aromatic N) is 4. The van der Waals surface area contributed by atoms with Gasteiger partial charge in [-0.05, 0) is 48.5 Å². The van der Waals surface area contributed by atoms with E-state index in [1.165, 1.54) is 24.1 Å². The lowest BCUT2D eigenvalue weighted by Crippen LogP contribution is -2.48. The molecule has 0 radical (unpaired) electrons. The smallest absolute Gasteiger partial charge is 0.298 e. The predicted octanol–water partition coefficient (Wildman–Crippen LogP) is 4.44. The Labute approximate surface area is 188 Å². The molecule has 1 amide bonds. The first-order chi connectivity index (χ1) is 15.7. The van der Waals surface area contributed by atoms with Gasteiger partial charge in [-0.2, -0.15) is 4.98 Å². The highest BCUT2D eigenvalue weighted by molar-refractivity contribution is 8.00. The molecule has 2 aromatic heterocycles. The van der Waals surface area contributed by atoms with Crippen molar-refractivity contribution < 1.29 is 13.6 Å². The molecule has 0 unspecified atom stereocenters. The number of hydrogen-bond acceptors (Lipinski definition) is 7. The SMILES string of the molecule is O=C(c1ccc(NSc2ccccn2)cc1)N1CCN(c2nc3ccc(F)cc3o2)CC1. The van der Waals surface area contributed by atoms with E-state index in [2.05, 4.69) is 14.7 Å².